The molecule has 3 aromatic heterocycles. The zero-order valence-corrected chi connectivity index (χ0v) is 19.5. The first-order valence-corrected chi connectivity index (χ1v) is 11.0. The predicted octanol–water partition coefficient (Wildman–Crippen LogP) is 3.32. The van der Waals surface area contributed by atoms with Gasteiger partial charge in [-0.2, -0.15) is 22.0 Å². The number of anilines is 1. The van der Waals surface area contributed by atoms with Crippen molar-refractivity contribution in [3.8, 4) is 11.5 Å². The summed E-state index contributed by atoms with van der Waals surface area (Å²) in [4.78, 5) is 23.7. The molecule has 3 heterocycles. The van der Waals surface area contributed by atoms with Crippen molar-refractivity contribution in [2.75, 3.05) is 31.8 Å². The van der Waals surface area contributed by atoms with E-state index in [-0.39, 0.29) is 39.1 Å². The van der Waals surface area contributed by atoms with Crippen LogP contribution in [0.1, 0.15) is 12.6 Å². The Bertz CT molecular complexity index is 1280. The number of nitrogens with zero attached hydrogens (tertiary/aromatic N) is 7. The molecular weight excluding hydrogens is 485 g/mol. The Kier molecular flexibility index (Phi) is 6.61. The minimum Gasteiger partial charge on any atom is -0.330 e. The molecule has 0 radical (unpaired) electrons. The fourth-order valence-corrected chi connectivity index (χ4v) is 3.90. The van der Waals surface area contributed by atoms with Crippen LogP contribution in [-0.4, -0.2) is 72.9 Å². The molecule has 0 spiro atoms. The van der Waals surface area contributed by atoms with Gasteiger partial charge in [0.1, 0.15) is 22.7 Å². The zero-order chi connectivity index (χ0) is 25.6. The number of aryl methyl sites for hydroxylation is 1. The predicted molar refractivity (Wildman–Crippen MR) is 114 cm³/mol. The lowest BCUT2D eigenvalue weighted by Crippen LogP contribution is -2.36. The number of hydrogen-bond acceptors (Lipinski definition) is 6. The molecule has 0 aliphatic heterocycles. The van der Waals surface area contributed by atoms with Crippen LogP contribution in [0.15, 0.2) is 23.1 Å². The highest BCUT2D eigenvalue weighted by atomic mass is 32.2. The van der Waals surface area contributed by atoms with Crippen molar-refractivity contribution in [2.24, 2.45) is 7.05 Å². The molecule has 0 aliphatic carbocycles. The maximum absolute atomic E-state index is 13.8. The highest BCUT2D eigenvalue weighted by Gasteiger charge is 2.60. The van der Waals surface area contributed by atoms with Crippen molar-refractivity contribution in [3.63, 3.8) is 0 Å². The van der Waals surface area contributed by atoms with Crippen LogP contribution in [0.25, 0.3) is 22.7 Å². The first-order valence-electron chi connectivity index (χ1n) is 9.70. The number of fused-ring (bicyclic) bond motifs is 1. The van der Waals surface area contributed by atoms with Crippen LogP contribution >= 0.6 is 0 Å². The van der Waals surface area contributed by atoms with Crippen molar-refractivity contribution in [1.82, 2.24) is 29.6 Å². The van der Waals surface area contributed by atoms with E-state index in [0.29, 0.717) is 6.07 Å². The first-order chi connectivity index (χ1) is 15.7. The fraction of sp³-hybridized carbons (Fsp3) is 0.421. The van der Waals surface area contributed by atoms with Crippen molar-refractivity contribution in [2.45, 2.75) is 23.9 Å². The Balaban J connectivity index is 2.22. The standard InChI is InChI=1S/C19H20F5N7O2S/c1-6-34(33)11-7-8-13(30(4)17(32)29(2)3)26-14(11)16-25-10-9-12(18(20,21)19(22,23)24)27-28-15(10)31(16)5/h7-9H,6H2,1-5H3. The molecular formula is C19H20F5N7O2S. The summed E-state index contributed by atoms with van der Waals surface area (Å²) >= 11 is 0. The third kappa shape index (κ3) is 4.31. The molecule has 9 nitrogen and oxygen atoms in total. The van der Waals surface area contributed by atoms with E-state index in [1.165, 1.54) is 40.6 Å². The van der Waals surface area contributed by atoms with Gasteiger partial charge < -0.3 is 9.47 Å². The van der Waals surface area contributed by atoms with Gasteiger partial charge in [0.25, 0.3) is 0 Å². The Morgan fingerprint density at radius 2 is 1.74 bits per heavy atom. The van der Waals surface area contributed by atoms with Crippen LogP contribution in [0.3, 0.4) is 0 Å². The Morgan fingerprint density at radius 3 is 2.29 bits per heavy atom. The smallest absolute Gasteiger partial charge is 0.330 e. The normalized spacial score (nSPS) is 13.2. The number of carbonyl (C=O) groups is 1. The molecule has 15 heteroatoms. The number of hydrogen-bond donors (Lipinski definition) is 0. The van der Waals surface area contributed by atoms with Crippen LogP contribution < -0.4 is 4.90 Å². The molecule has 1 atom stereocenters. The number of halogens is 5. The van der Waals surface area contributed by atoms with Gasteiger partial charge in [0.05, 0.1) is 15.7 Å². The molecule has 1 unspecified atom stereocenters. The third-order valence-corrected chi connectivity index (χ3v) is 6.21. The van der Waals surface area contributed by atoms with E-state index >= 15 is 0 Å². The molecule has 3 aromatic rings. The number of carbonyl (C=O) groups excluding carboxylic acids is 1. The van der Waals surface area contributed by atoms with E-state index < -0.39 is 34.6 Å². The van der Waals surface area contributed by atoms with Crippen LogP contribution in [0, 0.1) is 0 Å². The number of imidazole rings is 1. The Morgan fingerprint density at radius 1 is 1.09 bits per heavy atom. The quantitative estimate of drug-likeness (QED) is 0.494. The van der Waals surface area contributed by atoms with Gasteiger partial charge in [-0.15, -0.1) is 10.2 Å². The van der Waals surface area contributed by atoms with Crippen LogP contribution in [0.2, 0.25) is 0 Å². The summed E-state index contributed by atoms with van der Waals surface area (Å²) < 4.78 is 79.8. The van der Waals surface area contributed by atoms with E-state index in [9.17, 15) is 31.0 Å². The Labute approximate surface area is 193 Å². The monoisotopic (exact) mass is 505 g/mol. The summed E-state index contributed by atoms with van der Waals surface area (Å²) in [6.07, 6.45) is -5.86. The molecule has 2 amide bonds. The first kappa shape index (κ1) is 25.4. The summed E-state index contributed by atoms with van der Waals surface area (Å²) in [5.41, 5.74) is -1.92. The van der Waals surface area contributed by atoms with Crippen molar-refractivity contribution in [1.29, 1.82) is 0 Å². The second-order valence-electron chi connectivity index (χ2n) is 7.39. The molecule has 34 heavy (non-hydrogen) atoms. The largest absolute Gasteiger partial charge is 0.459 e. The fourth-order valence-electron chi connectivity index (χ4n) is 3.02. The van der Waals surface area contributed by atoms with Gasteiger partial charge in [-0.1, -0.05) is 6.92 Å². The van der Waals surface area contributed by atoms with E-state index in [4.69, 9.17) is 0 Å². The lowest BCUT2D eigenvalue weighted by Gasteiger charge is -2.22. The summed E-state index contributed by atoms with van der Waals surface area (Å²) in [5, 5.41) is 6.56. The van der Waals surface area contributed by atoms with Gasteiger partial charge >= 0.3 is 18.1 Å². The van der Waals surface area contributed by atoms with Gasteiger partial charge in [-0.05, 0) is 18.2 Å². The van der Waals surface area contributed by atoms with Crippen molar-refractivity contribution in [3.05, 3.63) is 23.9 Å². The Hall–Kier alpha value is -3.23. The highest BCUT2D eigenvalue weighted by molar-refractivity contribution is 7.85. The zero-order valence-electron chi connectivity index (χ0n) is 18.7. The van der Waals surface area contributed by atoms with Gasteiger partial charge in [0.2, 0.25) is 0 Å². The molecule has 0 fully saturated rings. The maximum atomic E-state index is 13.8. The maximum Gasteiger partial charge on any atom is 0.459 e. The summed E-state index contributed by atoms with van der Waals surface area (Å²) in [5.74, 6) is -4.84. The van der Waals surface area contributed by atoms with Crippen molar-refractivity contribution >= 4 is 33.8 Å². The molecule has 184 valence electrons. The van der Waals surface area contributed by atoms with Gasteiger partial charge in [0, 0.05) is 33.9 Å². The molecule has 0 saturated heterocycles. The molecule has 0 aromatic carbocycles. The lowest BCUT2D eigenvalue weighted by molar-refractivity contribution is -0.291. The van der Waals surface area contributed by atoms with Crippen LogP contribution in [0.5, 0.6) is 0 Å². The van der Waals surface area contributed by atoms with E-state index in [1.54, 1.807) is 21.0 Å². The molecule has 0 saturated carbocycles. The number of amides is 2. The van der Waals surface area contributed by atoms with Crippen LogP contribution in [0.4, 0.5) is 32.6 Å². The number of urea groups is 1. The summed E-state index contributed by atoms with van der Waals surface area (Å²) in [6.45, 7) is 1.67. The molecule has 0 aliphatic rings. The van der Waals surface area contributed by atoms with E-state index in [1.807, 2.05) is 0 Å². The molecule has 0 bridgehead atoms. The molecule has 0 N–H and O–H groups in total. The number of rotatable bonds is 5. The average molecular weight is 505 g/mol. The minimum absolute atomic E-state index is 0.00104. The lowest BCUT2D eigenvalue weighted by atomic mass is 10.2. The molecule has 3 rings (SSSR count). The summed E-state index contributed by atoms with van der Waals surface area (Å²) in [6, 6.07) is 3.07. The topological polar surface area (TPSA) is 97.1 Å². The number of pyridine rings is 1. The minimum atomic E-state index is -5.86. The van der Waals surface area contributed by atoms with Gasteiger partial charge in [0.15, 0.2) is 11.5 Å². The van der Waals surface area contributed by atoms with E-state index in [0.717, 1.165) is 0 Å². The number of aromatic nitrogens is 5. The second kappa shape index (κ2) is 8.85. The second-order valence-corrected chi connectivity index (χ2v) is 9.10. The third-order valence-electron chi connectivity index (χ3n) is 4.87. The SMILES string of the molecule is CCS(=O)c1ccc(N(C)C(=O)N(C)C)nc1-c1nc2cc(C(F)(F)C(F)(F)F)nnc2n1C. The van der Waals surface area contributed by atoms with Gasteiger partial charge in [-0.25, -0.2) is 14.8 Å². The summed E-state index contributed by atoms with van der Waals surface area (Å²) in [7, 11) is 4.44. The van der Waals surface area contributed by atoms with E-state index in [2.05, 4.69) is 20.2 Å². The van der Waals surface area contributed by atoms with Crippen LogP contribution in [-0.2, 0) is 23.8 Å². The average Bonchev–Trinajstić information content (AvgIpc) is 3.11. The van der Waals surface area contributed by atoms with Gasteiger partial charge in [-0.3, -0.25) is 9.11 Å². The van der Waals surface area contributed by atoms with Crippen molar-refractivity contribution < 1.29 is 31.0 Å². The highest BCUT2D eigenvalue weighted by Crippen LogP contribution is 2.43. The number of alkyl halides is 5.